The van der Waals surface area contributed by atoms with Crippen molar-refractivity contribution >= 4 is 38.9 Å². The first-order chi connectivity index (χ1) is 10.2. The molecule has 0 aliphatic rings. The molecule has 0 aliphatic heterocycles. The number of carbonyl (C=O) groups excluding carboxylic acids is 1. The van der Waals surface area contributed by atoms with Crippen molar-refractivity contribution in [3.05, 3.63) is 58.6 Å². The highest BCUT2D eigenvalue weighted by atomic mass is 35.5. The molecule has 0 atom stereocenters. The van der Waals surface area contributed by atoms with Crippen LogP contribution in [0.3, 0.4) is 0 Å². The zero-order valence-electron chi connectivity index (χ0n) is 12.1. The van der Waals surface area contributed by atoms with Crippen molar-refractivity contribution in [2.24, 2.45) is 0 Å². The van der Waals surface area contributed by atoms with E-state index in [1.165, 1.54) is 6.07 Å². The predicted molar refractivity (Wildman–Crippen MR) is 89.1 cm³/mol. The van der Waals surface area contributed by atoms with Crippen molar-refractivity contribution in [3.63, 3.8) is 0 Å². The number of halogens is 1. The molecule has 0 heterocycles. The Balaban J connectivity index is 2.21. The van der Waals surface area contributed by atoms with Gasteiger partial charge < -0.3 is 5.32 Å². The minimum absolute atomic E-state index is 0.324. The van der Waals surface area contributed by atoms with Gasteiger partial charge in [-0.1, -0.05) is 23.7 Å². The number of sulfonamides is 1. The molecule has 0 fully saturated rings. The molecular weight excluding hydrogens is 324 g/mol. The van der Waals surface area contributed by atoms with Crippen LogP contribution in [0.15, 0.2) is 42.5 Å². The number of rotatable bonds is 4. The predicted octanol–water partition coefficient (Wildman–Crippen LogP) is 3.27. The Morgan fingerprint density at radius 1 is 1.14 bits per heavy atom. The molecule has 2 N–H and O–H groups in total. The number of hydrogen-bond acceptors (Lipinski definition) is 3. The molecule has 2 aromatic carbocycles. The lowest BCUT2D eigenvalue weighted by Gasteiger charge is -2.09. The van der Waals surface area contributed by atoms with Gasteiger partial charge in [-0.3, -0.25) is 9.52 Å². The summed E-state index contributed by atoms with van der Waals surface area (Å²) < 4.78 is 24.8. The molecular formula is C15H15ClN2O3S. The van der Waals surface area contributed by atoms with Gasteiger partial charge in [0.1, 0.15) is 0 Å². The van der Waals surface area contributed by atoms with Crippen LogP contribution in [0.5, 0.6) is 0 Å². The maximum atomic E-state index is 12.2. The highest BCUT2D eigenvalue weighted by molar-refractivity contribution is 7.92. The standard InChI is InChI=1S/C15H15ClN2O3S/c1-10-6-7-14(13(16)8-10)17-15(19)11-4-3-5-12(9-11)18-22(2,20)21/h3-9,18H,1-2H3,(H,17,19). The van der Waals surface area contributed by atoms with Gasteiger partial charge in [0, 0.05) is 11.3 Å². The van der Waals surface area contributed by atoms with E-state index in [9.17, 15) is 13.2 Å². The Kier molecular flexibility index (Phi) is 4.73. The second-order valence-corrected chi connectivity index (χ2v) is 7.05. The normalized spacial score (nSPS) is 11.0. The molecule has 0 radical (unpaired) electrons. The fourth-order valence-corrected chi connectivity index (χ4v) is 2.69. The van der Waals surface area contributed by atoms with Crippen molar-refractivity contribution in [3.8, 4) is 0 Å². The number of benzene rings is 2. The quantitative estimate of drug-likeness (QED) is 0.898. The van der Waals surface area contributed by atoms with Gasteiger partial charge in [0.25, 0.3) is 5.91 Å². The maximum absolute atomic E-state index is 12.2. The summed E-state index contributed by atoms with van der Waals surface area (Å²) in [5.74, 6) is -0.372. The van der Waals surface area contributed by atoms with Crippen LogP contribution in [0, 0.1) is 6.92 Å². The SMILES string of the molecule is Cc1ccc(NC(=O)c2cccc(NS(C)(=O)=O)c2)c(Cl)c1. The van der Waals surface area contributed by atoms with Crippen molar-refractivity contribution in [2.75, 3.05) is 16.3 Å². The third-order valence-electron chi connectivity index (χ3n) is 2.80. The molecule has 22 heavy (non-hydrogen) atoms. The van der Waals surface area contributed by atoms with Gasteiger partial charge in [0.05, 0.1) is 17.0 Å². The Hall–Kier alpha value is -2.05. The summed E-state index contributed by atoms with van der Waals surface area (Å²) in [6.07, 6.45) is 1.05. The van der Waals surface area contributed by atoms with Gasteiger partial charge in [-0.2, -0.15) is 0 Å². The lowest BCUT2D eigenvalue weighted by molar-refractivity contribution is 0.102. The van der Waals surface area contributed by atoms with Gasteiger partial charge >= 0.3 is 0 Å². The Morgan fingerprint density at radius 3 is 2.50 bits per heavy atom. The molecule has 7 heteroatoms. The van der Waals surface area contributed by atoms with E-state index in [1.807, 2.05) is 13.0 Å². The molecule has 0 aromatic heterocycles. The monoisotopic (exact) mass is 338 g/mol. The first kappa shape index (κ1) is 16.3. The molecule has 2 aromatic rings. The Bertz CT molecular complexity index is 819. The van der Waals surface area contributed by atoms with E-state index in [0.717, 1.165) is 11.8 Å². The first-order valence-electron chi connectivity index (χ1n) is 6.40. The zero-order valence-corrected chi connectivity index (χ0v) is 13.6. The number of anilines is 2. The zero-order chi connectivity index (χ0) is 16.3. The van der Waals surface area contributed by atoms with Gasteiger partial charge in [0.2, 0.25) is 10.0 Å². The molecule has 0 unspecified atom stereocenters. The second-order valence-electron chi connectivity index (χ2n) is 4.89. The van der Waals surface area contributed by atoms with E-state index in [1.54, 1.807) is 30.3 Å². The molecule has 0 saturated heterocycles. The number of amides is 1. The number of aryl methyl sites for hydroxylation is 1. The fourth-order valence-electron chi connectivity index (χ4n) is 1.85. The van der Waals surface area contributed by atoms with Crippen molar-refractivity contribution in [1.29, 1.82) is 0 Å². The summed E-state index contributed by atoms with van der Waals surface area (Å²) in [6, 6.07) is 11.5. The second kappa shape index (κ2) is 6.37. The van der Waals surface area contributed by atoms with Crippen molar-refractivity contribution in [1.82, 2.24) is 0 Å². The van der Waals surface area contributed by atoms with Crippen molar-refractivity contribution in [2.45, 2.75) is 6.92 Å². The van der Waals surface area contributed by atoms with Crippen molar-refractivity contribution < 1.29 is 13.2 Å². The lowest BCUT2D eigenvalue weighted by Crippen LogP contribution is -2.14. The number of carbonyl (C=O) groups is 1. The summed E-state index contributed by atoms with van der Waals surface area (Å²) in [7, 11) is -3.39. The van der Waals surface area contributed by atoms with Crippen LogP contribution >= 0.6 is 11.6 Å². The molecule has 1 amide bonds. The van der Waals surface area contributed by atoms with E-state index in [2.05, 4.69) is 10.0 Å². The summed E-state index contributed by atoms with van der Waals surface area (Å²) in [4.78, 5) is 12.2. The highest BCUT2D eigenvalue weighted by Gasteiger charge is 2.10. The summed E-state index contributed by atoms with van der Waals surface area (Å²) >= 11 is 6.07. The summed E-state index contributed by atoms with van der Waals surface area (Å²) in [6.45, 7) is 1.90. The Morgan fingerprint density at radius 2 is 1.86 bits per heavy atom. The van der Waals surface area contributed by atoms with Gasteiger partial charge in [-0.15, -0.1) is 0 Å². The van der Waals surface area contributed by atoms with Crippen LogP contribution in [0.1, 0.15) is 15.9 Å². The molecule has 0 saturated carbocycles. The van der Waals surface area contributed by atoms with Crippen LogP contribution in [-0.4, -0.2) is 20.6 Å². The molecule has 0 bridgehead atoms. The topological polar surface area (TPSA) is 75.3 Å². The summed E-state index contributed by atoms with van der Waals surface area (Å²) in [5.41, 5.74) is 2.14. The minimum atomic E-state index is -3.39. The van der Waals surface area contributed by atoms with E-state index in [0.29, 0.717) is 22.0 Å². The van der Waals surface area contributed by atoms with Crippen LogP contribution in [-0.2, 0) is 10.0 Å². The van der Waals surface area contributed by atoms with Crippen LogP contribution in [0.4, 0.5) is 11.4 Å². The minimum Gasteiger partial charge on any atom is -0.321 e. The first-order valence-corrected chi connectivity index (χ1v) is 8.67. The third-order valence-corrected chi connectivity index (χ3v) is 3.72. The van der Waals surface area contributed by atoms with E-state index >= 15 is 0 Å². The third kappa shape index (κ3) is 4.47. The van der Waals surface area contributed by atoms with Crippen LogP contribution in [0.2, 0.25) is 5.02 Å². The van der Waals surface area contributed by atoms with Crippen LogP contribution < -0.4 is 10.0 Å². The largest absolute Gasteiger partial charge is 0.321 e. The number of nitrogens with one attached hydrogen (secondary N) is 2. The molecule has 0 aliphatic carbocycles. The molecule has 116 valence electrons. The summed E-state index contributed by atoms with van der Waals surface area (Å²) in [5, 5.41) is 3.14. The molecule has 0 spiro atoms. The fraction of sp³-hybridized carbons (Fsp3) is 0.133. The lowest BCUT2D eigenvalue weighted by atomic mass is 10.1. The highest BCUT2D eigenvalue weighted by Crippen LogP contribution is 2.23. The van der Waals surface area contributed by atoms with Gasteiger partial charge in [-0.25, -0.2) is 8.42 Å². The Labute approximate surface area is 134 Å². The van der Waals surface area contributed by atoms with Crippen LogP contribution in [0.25, 0.3) is 0 Å². The van der Waals surface area contributed by atoms with E-state index < -0.39 is 10.0 Å². The molecule has 5 nitrogen and oxygen atoms in total. The average Bonchev–Trinajstić information content (AvgIpc) is 2.40. The number of hydrogen-bond donors (Lipinski definition) is 2. The van der Waals surface area contributed by atoms with E-state index in [-0.39, 0.29) is 5.91 Å². The van der Waals surface area contributed by atoms with Gasteiger partial charge in [-0.05, 0) is 42.8 Å². The van der Waals surface area contributed by atoms with Gasteiger partial charge in [0.15, 0.2) is 0 Å². The molecule has 2 rings (SSSR count). The maximum Gasteiger partial charge on any atom is 0.255 e. The average molecular weight is 339 g/mol. The van der Waals surface area contributed by atoms with E-state index in [4.69, 9.17) is 11.6 Å². The smallest absolute Gasteiger partial charge is 0.255 e.